The standard InChI is InChI=1S/C12H14FN3S/c1-16-10(8-2-3-8)6-12(15-16)14-7-9-4-5-11(13)17-9/h4-6,8H,2-3,7H2,1H3,(H,14,15). The molecule has 1 N–H and O–H groups in total. The van der Waals surface area contributed by atoms with E-state index in [1.165, 1.54) is 35.9 Å². The molecule has 0 saturated heterocycles. The zero-order chi connectivity index (χ0) is 11.8. The largest absolute Gasteiger partial charge is 0.364 e. The molecule has 1 aliphatic carbocycles. The summed E-state index contributed by atoms with van der Waals surface area (Å²) in [6.07, 6.45) is 2.55. The van der Waals surface area contributed by atoms with Gasteiger partial charge in [-0.15, -0.1) is 11.3 Å². The summed E-state index contributed by atoms with van der Waals surface area (Å²) in [5.41, 5.74) is 1.30. The lowest BCUT2D eigenvalue weighted by atomic mass is 10.3. The van der Waals surface area contributed by atoms with E-state index in [2.05, 4.69) is 16.5 Å². The molecule has 1 aliphatic rings. The topological polar surface area (TPSA) is 29.9 Å². The zero-order valence-electron chi connectivity index (χ0n) is 9.61. The summed E-state index contributed by atoms with van der Waals surface area (Å²) in [7, 11) is 1.98. The summed E-state index contributed by atoms with van der Waals surface area (Å²) in [5, 5.41) is 7.50. The number of thiophene rings is 1. The van der Waals surface area contributed by atoms with Gasteiger partial charge >= 0.3 is 0 Å². The molecule has 17 heavy (non-hydrogen) atoms. The normalized spacial score (nSPS) is 15.2. The molecule has 0 aromatic carbocycles. The second-order valence-electron chi connectivity index (χ2n) is 4.41. The van der Waals surface area contributed by atoms with E-state index >= 15 is 0 Å². The molecule has 1 fully saturated rings. The molecular weight excluding hydrogens is 237 g/mol. The van der Waals surface area contributed by atoms with Gasteiger partial charge in [0.1, 0.15) is 5.82 Å². The molecule has 90 valence electrons. The van der Waals surface area contributed by atoms with Crippen molar-refractivity contribution in [3.8, 4) is 0 Å². The van der Waals surface area contributed by atoms with Gasteiger partial charge in [-0.05, 0) is 25.0 Å². The Morgan fingerprint density at radius 2 is 2.35 bits per heavy atom. The van der Waals surface area contributed by atoms with Crippen LogP contribution in [0, 0.1) is 5.13 Å². The number of hydrogen-bond donors (Lipinski definition) is 1. The first kappa shape index (κ1) is 10.8. The Hall–Kier alpha value is -1.36. The Kier molecular flexibility index (Phi) is 2.63. The Labute approximate surface area is 103 Å². The predicted octanol–water partition coefficient (Wildman–Crippen LogP) is 3.11. The SMILES string of the molecule is Cn1nc(NCc2ccc(F)s2)cc1C1CC1. The second kappa shape index (κ2) is 4.14. The number of halogens is 1. The van der Waals surface area contributed by atoms with E-state index in [0.717, 1.165) is 10.7 Å². The van der Waals surface area contributed by atoms with E-state index in [-0.39, 0.29) is 5.13 Å². The van der Waals surface area contributed by atoms with E-state index in [0.29, 0.717) is 12.5 Å². The summed E-state index contributed by atoms with van der Waals surface area (Å²) in [6, 6.07) is 5.40. The average molecular weight is 251 g/mol. The lowest BCUT2D eigenvalue weighted by molar-refractivity contribution is 0.657. The van der Waals surface area contributed by atoms with Crippen molar-refractivity contribution in [2.24, 2.45) is 7.05 Å². The number of nitrogens with zero attached hydrogens (tertiary/aromatic N) is 2. The van der Waals surface area contributed by atoms with Gasteiger partial charge in [0.25, 0.3) is 0 Å². The van der Waals surface area contributed by atoms with Crippen molar-refractivity contribution in [3.05, 3.63) is 33.9 Å². The Morgan fingerprint density at radius 3 is 3.00 bits per heavy atom. The molecule has 3 rings (SSSR count). The first-order valence-corrected chi connectivity index (χ1v) is 6.56. The van der Waals surface area contributed by atoms with E-state index in [4.69, 9.17) is 0 Å². The molecule has 0 amide bonds. The Morgan fingerprint density at radius 1 is 1.53 bits per heavy atom. The first-order valence-electron chi connectivity index (χ1n) is 5.74. The number of nitrogens with one attached hydrogen (secondary N) is 1. The van der Waals surface area contributed by atoms with Crippen LogP contribution in [0.5, 0.6) is 0 Å². The van der Waals surface area contributed by atoms with Gasteiger partial charge in [0.15, 0.2) is 5.13 Å². The van der Waals surface area contributed by atoms with Crippen LogP contribution in [0.2, 0.25) is 0 Å². The third kappa shape index (κ3) is 2.34. The van der Waals surface area contributed by atoms with Gasteiger partial charge in [-0.3, -0.25) is 4.68 Å². The maximum atomic E-state index is 12.8. The molecular formula is C12H14FN3S. The number of rotatable bonds is 4. The van der Waals surface area contributed by atoms with Crippen molar-refractivity contribution in [2.75, 3.05) is 5.32 Å². The van der Waals surface area contributed by atoms with Crippen molar-refractivity contribution < 1.29 is 4.39 Å². The predicted molar refractivity (Wildman–Crippen MR) is 66.8 cm³/mol. The second-order valence-corrected chi connectivity index (χ2v) is 5.53. The van der Waals surface area contributed by atoms with Crippen LogP contribution in [0.3, 0.4) is 0 Å². The van der Waals surface area contributed by atoms with Gasteiger partial charge in [-0.25, -0.2) is 0 Å². The molecule has 0 unspecified atom stereocenters. The maximum absolute atomic E-state index is 12.8. The molecule has 0 aliphatic heterocycles. The summed E-state index contributed by atoms with van der Waals surface area (Å²) < 4.78 is 14.7. The molecule has 3 nitrogen and oxygen atoms in total. The van der Waals surface area contributed by atoms with Crippen molar-refractivity contribution in [3.63, 3.8) is 0 Å². The van der Waals surface area contributed by atoms with Crippen LogP contribution in [0.15, 0.2) is 18.2 Å². The fourth-order valence-corrected chi connectivity index (χ4v) is 2.62. The van der Waals surface area contributed by atoms with Gasteiger partial charge in [0, 0.05) is 29.6 Å². The third-order valence-electron chi connectivity index (χ3n) is 2.98. The minimum Gasteiger partial charge on any atom is -0.364 e. The molecule has 0 bridgehead atoms. The monoisotopic (exact) mass is 251 g/mol. The van der Waals surface area contributed by atoms with E-state index in [1.807, 2.05) is 11.7 Å². The fraction of sp³-hybridized carbons (Fsp3) is 0.417. The fourth-order valence-electron chi connectivity index (χ4n) is 1.95. The van der Waals surface area contributed by atoms with Gasteiger partial charge in [-0.1, -0.05) is 0 Å². The highest BCUT2D eigenvalue weighted by molar-refractivity contribution is 7.10. The van der Waals surface area contributed by atoms with Crippen LogP contribution in [0.4, 0.5) is 10.2 Å². The highest BCUT2D eigenvalue weighted by atomic mass is 32.1. The summed E-state index contributed by atoms with van der Waals surface area (Å²) >= 11 is 1.17. The van der Waals surface area contributed by atoms with Crippen molar-refractivity contribution in [2.45, 2.75) is 25.3 Å². The third-order valence-corrected chi connectivity index (χ3v) is 3.86. The smallest absolute Gasteiger partial charge is 0.176 e. The zero-order valence-corrected chi connectivity index (χ0v) is 10.4. The van der Waals surface area contributed by atoms with Crippen molar-refractivity contribution in [1.29, 1.82) is 0 Å². The number of anilines is 1. The molecule has 1 saturated carbocycles. The van der Waals surface area contributed by atoms with Gasteiger partial charge in [0.2, 0.25) is 0 Å². The van der Waals surface area contributed by atoms with Gasteiger partial charge in [0.05, 0.1) is 6.54 Å². The first-order chi connectivity index (χ1) is 8.22. The van der Waals surface area contributed by atoms with Gasteiger partial charge in [-0.2, -0.15) is 9.49 Å². The van der Waals surface area contributed by atoms with Crippen LogP contribution in [-0.4, -0.2) is 9.78 Å². The highest BCUT2D eigenvalue weighted by Gasteiger charge is 2.27. The number of aryl methyl sites for hydroxylation is 1. The van der Waals surface area contributed by atoms with E-state index < -0.39 is 0 Å². The molecule has 2 aromatic heterocycles. The number of aromatic nitrogens is 2. The van der Waals surface area contributed by atoms with Crippen LogP contribution >= 0.6 is 11.3 Å². The molecule has 0 atom stereocenters. The average Bonchev–Trinajstić information content (AvgIpc) is 2.95. The van der Waals surface area contributed by atoms with Crippen LogP contribution in [0.25, 0.3) is 0 Å². The highest BCUT2D eigenvalue weighted by Crippen LogP contribution is 2.40. The summed E-state index contributed by atoms with van der Waals surface area (Å²) in [6.45, 7) is 0.635. The molecule has 0 radical (unpaired) electrons. The minimum absolute atomic E-state index is 0.138. The van der Waals surface area contributed by atoms with Crippen molar-refractivity contribution >= 4 is 17.2 Å². The summed E-state index contributed by atoms with van der Waals surface area (Å²) in [5.74, 6) is 1.57. The van der Waals surface area contributed by atoms with Crippen molar-refractivity contribution in [1.82, 2.24) is 9.78 Å². The quantitative estimate of drug-likeness (QED) is 0.904. The molecule has 0 spiro atoms. The minimum atomic E-state index is -0.138. The van der Waals surface area contributed by atoms with E-state index in [9.17, 15) is 4.39 Å². The lowest BCUT2D eigenvalue weighted by Gasteiger charge is -1.98. The van der Waals surface area contributed by atoms with E-state index in [1.54, 1.807) is 6.07 Å². The summed E-state index contributed by atoms with van der Waals surface area (Å²) in [4.78, 5) is 0.987. The Balaban J connectivity index is 1.66. The molecule has 2 heterocycles. The Bertz CT molecular complexity index is 528. The number of hydrogen-bond acceptors (Lipinski definition) is 3. The molecule has 5 heteroatoms. The van der Waals surface area contributed by atoms with Crippen LogP contribution in [-0.2, 0) is 13.6 Å². The van der Waals surface area contributed by atoms with Crippen LogP contribution < -0.4 is 5.32 Å². The molecule has 2 aromatic rings. The lowest BCUT2D eigenvalue weighted by Crippen LogP contribution is -1.99. The maximum Gasteiger partial charge on any atom is 0.176 e. The van der Waals surface area contributed by atoms with Crippen LogP contribution in [0.1, 0.15) is 29.3 Å². The van der Waals surface area contributed by atoms with Gasteiger partial charge < -0.3 is 5.32 Å².